The zero-order chi connectivity index (χ0) is 39.8. The molecule has 322 valence electrons. The molecule has 0 aliphatic heterocycles. The van der Waals surface area contributed by atoms with Crippen LogP contribution in [0.5, 0.6) is 0 Å². The van der Waals surface area contributed by atoms with Crippen molar-refractivity contribution in [3.05, 3.63) is 0 Å². The van der Waals surface area contributed by atoms with Crippen molar-refractivity contribution in [2.45, 2.75) is 259 Å². The highest BCUT2D eigenvalue weighted by molar-refractivity contribution is 5.76. The van der Waals surface area contributed by atoms with Gasteiger partial charge in [0.1, 0.15) is 6.10 Å². The number of ether oxygens (including phenoxy) is 2. The van der Waals surface area contributed by atoms with Gasteiger partial charge in [-0.2, -0.15) is 0 Å². The van der Waals surface area contributed by atoms with Crippen LogP contribution in [0.2, 0.25) is 0 Å². The predicted octanol–water partition coefficient (Wildman–Crippen LogP) is 14.1. The number of hydrogen-bond donors (Lipinski definition) is 1. The number of rotatable bonds is 43. The molecule has 0 saturated heterocycles. The Morgan fingerprint density at radius 2 is 0.926 bits per heavy atom. The maximum Gasteiger partial charge on any atom is 0.311 e. The molecule has 0 unspecified atom stereocenters. The Labute approximate surface area is 337 Å². The molecule has 0 aromatic carbocycles. The largest absolute Gasteiger partial charge is 0.466 e. The summed E-state index contributed by atoms with van der Waals surface area (Å²) in [6.45, 7) is 15.2. The van der Waals surface area contributed by atoms with Gasteiger partial charge < -0.3 is 19.5 Å². The maximum absolute atomic E-state index is 13.4. The number of hydrogen-bond acceptors (Lipinski definition) is 6. The van der Waals surface area contributed by atoms with Gasteiger partial charge in [-0.25, -0.2) is 0 Å². The van der Waals surface area contributed by atoms with E-state index in [9.17, 15) is 14.7 Å². The molecule has 0 bridgehead atoms. The van der Waals surface area contributed by atoms with E-state index in [2.05, 4.69) is 39.5 Å². The highest BCUT2D eigenvalue weighted by Crippen LogP contribution is 2.28. The highest BCUT2D eigenvalue weighted by atomic mass is 16.5. The number of carbonyl (C=O) groups excluding carboxylic acids is 2. The zero-order valence-electron chi connectivity index (χ0n) is 37.2. The van der Waals surface area contributed by atoms with Gasteiger partial charge >= 0.3 is 11.9 Å². The van der Waals surface area contributed by atoms with Gasteiger partial charge in [-0.3, -0.25) is 9.59 Å². The summed E-state index contributed by atoms with van der Waals surface area (Å²) in [5.74, 6) is -0.000250. The van der Waals surface area contributed by atoms with E-state index in [1.54, 1.807) is 0 Å². The van der Waals surface area contributed by atoms with E-state index in [0.29, 0.717) is 13.0 Å². The van der Waals surface area contributed by atoms with Crippen LogP contribution < -0.4 is 0 Å². The van der Waals surface area contributed by atoms with Crippen LogP contribution >= 0.6 is 0 Å². The summed E-state index contributed by atoms with van der Waals surface area (Å²) in [5.41, 5.74) is -0.421. The monoisotopic (exact) mass is 766 g/mol. The quantitative estimate of drug-likeness (QED) is 0.0492. The smallest absolute Gasteiger partial charge is 0.311 e. The molecule has 0 atom stereocenters. The van der Waals surface area contributed by atoms with Crippen molar-refractivity contribution in [1.82, 2.24) is 4.90 Å². The van der Waals surface area contributed by atoms with E-state index in [1.165, 1.54) is 148 Å². The van der Waals surface area contributed by atoms with Crippen LogP contribution in [0.1, 0.15) is 253 Å². The molecule has 0 aromatic heterocycles. The van der Waals surface area contributed by atoms with Crippen molar-refractivity contribution >= 4 is 11.9 Å². The standard InChI is InChI=1S/C48H95NO5/c1-6-9-12-15-20-27-36-45(37-28-21-16-13-10-7-2)54-47(52)48(4,5)39-30-23-25-32-41-49(42-33-34-43-50)40-31-24-19-17-18-22-29-38-46(51)53-44-35-26-14-11-8-3/h45,50H,6-44H2,1-5H3. The van der Waals surface area contributed by atoms with E-state index in [0.717, 1.165) is 83.8 Å². The van der Waals surface area contributed by atoms with Crippen molar-refractivity contribution in [1.29, 1.82) is 0 Å². The Morgan fingerprint density at radius 3 is 1.43 bits per heavy atom. The molecule has 1 N–H and O–H groups in total. The Kier molecular flexibility index (Phi) is 39.2. The minimum absolute atomic E-state index is 0.0167. The summed E-state index contributed by atoms with van der Waals surface area (Å²) < 4.78 is 11.6. The summed E-state index contributed by atoms with van der Waals surface area (Å²) in [6, 6.07) is 0. The van der Waals surface area contributed by atoms with Gasteiger partial charge in [0.15, 0.2) is 0 Å². The van der Waals surface area contributed by atoms with Crippen LogP contribution in [0.15, 0.2) is 0 Å². The van der Waals surface area contributed by atoms with Gasteiger partial charge in [0.25, 0.3) is 0 Å². The zero-order valence-corrected chi connectivity index (χ0v) is 37.2. The number of unbranched alkanes of at least 4 members (excludes halogenated alkanes) is 24. The molecule has 0 rings (SSSR count). The third kappa shape index (κ3) is 35.3. The fraction of sp³-hybridized carbons (Fsp3) is 0.958. The second-order valence-electron chi connectivity index (χ2n) is 17.3. The van der Waals surface area contributed by atoms with E-state index in [4.69, 9.17) is 9.47 Å². The average Bonchev–Trinajstić information content (AvgIpc) is 3.15. The van der Waals surface area contributed by atoms with Crippen LogP contribution in [0, 0.1) is 5.41 Å². The lowest BCUT2D eigenvalue weighted by atomic mass is 9.86. The molecule has 0 aromatic rings. The summed E-state index contributed by atoms with van der Waals surface area (Å²) in [5, 5.41) is 9.32. The number of aliphatic hydroxyl groups excluding tert-OH is 1. The first kappa shape index (κ1) is 52.9. The second kappa shape index (κ2) is 40.1. The molecule has 0 amide bonds. The lowest BCUT2D eigenvalue weighted by Gasteiger charge is -2.27. The molecule has 0 aliphatic rings. The van der Waals surface area contributed by atoms with Gasteiger partial charge in [-0.15, -0.1) is 0 Å². The van der Waals surface area contributed by atoms with Crippen molar-refractivity contribution in [3.8, 4) is 0 Å². The van der Waals surface area contributed by atoms with Gasteiger partial charge in [-0.1, -0.05) is 162 Å². The molecule has 54 heavy (non-hydrogen) atoms. The van der Waals surface area contributed by atoms with Gasteiger partial charge in [0, 0.05) is 13.0 Å². The van der Waals surface area contributed by atoms with Crippen molar-refractivity contribution in [3.63, 3.8) is 0 Å². The Bertz CT molecular complexity index is 786. The van der Waals surface area contributed by atoms with Crippen molar-refractivity contribution in [2.75, 3.05) is 32.8 Å². The third-order valence-corrected chi connectivity index (χ3v) is 11.4. The van der Waals surface area contributed by atoms with Gasteiger partial charge in [0.05, 0.1) is 12.0 Å². The minimum atomic E-state index is -0.421. The fourth-order valence-electron chi connectivity index (χ4n) is 7.47. The first-order chi connectivity index (χ1) is 26.3. The van der Waals surface area contributed by atoms with Crippen LogP contribution in [-0.4, -0.2) is 60.9 Å². The van der Waals surface area contributed by atoms with Crippen LogP contribution in [-0.2, 0) is 19.1 Å². The SMILES string of the molecule is CCCCCCCCC(CCCCCCCC)OC(=O)C(C)(C)CCCCCCN(CCCCO)CCCCCCCCCC(=O)OCCCCCCC. The summed E-state index contributed by atoms with van der Waals surface area (Å²) in [7, 11) is 0. The Morgan fingerprint density at radius 1 is 0.519 bits per heavy atom. The summed E-state index contributed by atoms with van der Waals surface area (Å²) in [6.07, 6.45) is 39.8. The predicted molar refractivity (Wildman–Crippen MR) is 232 cm³/mol. The topological polar surface area (TPSA) is 76.1 Å². The molecule has 6 heteroatoms. The molecular weight excluding hydrogens is 671 g/mol. The van der Waals surface area contributed by atoms with Gasteiger partial charge in [0.2, 0.25) is 0 Å². The normalized spacial score (nSPS) is 11.9. The molecule has 6 nitrogen and oxygen atoms in total. The molecule has 0 saturated carbocycles. The fourth-order valence-corrected chi connectivity index (χ4v) is 7.47. The average molecular weight is 766 g/mol. The highest BCUT2D eigenvalue weighted by Gasteiger charge is 2.30. The van der Waals surface area contributed by atoms with Crippen LogP contribution in [0.3, 0.4) is 0 Å². The number of aliphatic hydroxyl groups is 1. The molecule has 0 aliphatic carbocycles. The Balaban J connectivity index is 4.31. The summed E-state index contributed by atoms with van der Waals surface area (Å²) >= 11 is 0. The molecule has 0 fully saturated rings. The summed E-state index contributed by atoms with van der Waals surface area (Å²) in [4.78, 5) is 27.9. The number of esters is 2. The van der Waals surface area contributed by atoms with E-state index >= 15 is 0 Å². The minimum Gasteiger partial charge on any atom is -0.466 e. The van der Waals surface area contributed by atoms with Crippen LogP contribution in [0.25, 0.3) is 0 Å². The van der Waals surface area contributed by atoms with E-state index in [-0.39, 0.29) is 24.6 Å². The van der Waals surface area contributed by atoms with Crippen molar-refractivity contribution in [2.24, 2.45) is 5.41 Å². The van der Waals surface area contributed by atoms with Crippen molar-refractivity contribution < 1.29 is 24.2 Å². The van der Waals surface area contributed by atoms with E-state index < -0.39 is 5.41 Å². The molecule has 0 radical (unpaired) electrons. The van der Waals surface area contributed by atoms with E-state index in [1.807, 2.05) is 0 Å². The van der Waals surface area contributed by atoms with Crippen LogP contribution in [0.4, 0.5) is 0 Å². The molecule has 0 spiro atoms. The maximum atomic E-state index is 13.4. The first-order valence-electron chi connectivity index (χ1n) is 24.0. The molecular formula is C48H95NO5. The number of nitrogens with zero attached hydrogens (tertiary/aromatic N) is 1. The van der Waals surface area contributed by atoms with Gasteiger partial charge in [-0.05, 0) is 104 Å². The Hall–Kier alpha value is -1.14. The second-order valence-corrected chi connectivity index (χ2v) is 17.3. The lowest BCUT2D eigenvalue weighted by Crippen LogP contribution is -2.31. The third-order valence-electron chi connectivity index (χ3n) is 11.4. The number of carbonyl (C=O) groups is 2. The lowest BCUT2D eigenvalue weighted by molar-refractivity contribution is -0.161. The first-order valence-corrected chi connectivity index (χ1v) is 24.0. The molecule has 0 heterocycles.